The molecule has 148 valence electrons. The maximum Gasteiger partial charge on any atom is 0.123 e. The van der Waals surface area contributed by atoms with Gasteiger partial charge in [0.25, 0.3) is 0 Å². The fraction of sp³-hybridized carbons (Fsp3) is 0.652. The van der Waals surface area contributed by atoms with Gasteiger partial charge in [0.05, 0.1) is 6.61 Å². The third kappa shape index (κ3) is 3.79. The van der Waals surface area contributed by atoms with Crippen LogP contribution in [0.3, 0.4) is 0 Å². The second kappa shape index (κ2) is 7.92. The van der Waals surface area contributed by atoms with Gasteiger partial charge >= 0.3 is 0 Å². The van der Waals surface area contributed by atoms with E-state index in [-0.39, 0.29) is 12.4 Å². The Morgan fingerprint density at radius 3 is 2.33 bits per heavy atom. The molecule has 1 aromatic heterocycles. The van der Waals surface area contributed by atoms with Crippen molar-refractivity contribution >= 4 is 10.9 Å². The minimum atomic E-state index is -0.212. The number of aliphatic hydroxyl groups excluding tert-OH is 1. The standard InChI is InChI=1S/C23H33FN2O/c1-16(2)17-3-6-20(7-4-17)25-11-9-21(10-12-25)26-22(15-27)14-18-13-19(24)5-8-23(18)26/h5,8,13-14,16-17,20-21,27H,3-4,6-7,9-12,15H2,1-2H3/t17-,20+. The van der Waals surface area contributed by atoms with Gasteiger partial charge < -0.3 is 14.6 Å². The molecule has 0 unspecified atom stereocenters. The van der Waals surface area contributed by atoms with Crippen LogP contribution in [-0.2, 0) is 6.61 Å². The molecule has 1 aliphatic heterocycles. The molecule has 2 aliphatic rings. The summed E-state index contributed by atoms with van der Waals surface area (Å²) in [6.07, 6.45) is 7.67. The summed E-state index contributed by atoms with van der Waals surface area (Å²) in [5.74, 6) is 1.52. The van der Waals surface area contributed by atoms with E-state index < -0.39 is 0 Å². The van der Waals surface area contributed by atoms with Crippen LogP contribution in [-0.4, -0.2) is 33.7 Å². The Morgan fingerprint density at radius 2 is 1.70 bits per heavy atom. The zero-order chi connectivity index (χ0) is 19.0. The highest BCUT2D eigenvalue weighted by Gasteiger charge is 2.31. The van der Waals surface area contributed by atoms with Crippen LogP contribution in [0.5, 0.6) is 0 Å². The average Bonchev–Trinajstić information content (AvgIpc) is 3.05. The van der Waals surface area contributed by atoms with Crippen molar-refractivity contribution in [1.82, 2.24) is 9.47 Å². The number of hydrogen-bond donors (Lipinski definition) is 1. The van der Waals surface area contributed by atoms with Crippen LogP contribution in [0, 0.1) is 17.7 Å². The molecule has 1 saturated carbocycles. The lowest BCUT2D eigenvalue weighted by molar-refractivity contribution is 0.0882. The van der Waals surface area contributed by atoms with Gasteiger partial charge in [0.2, 0.25) is 0 Å². The molecule has 3 nitrogen and oxygen atoms in total. The zero-order valence-electron chi connectivity index (χ0n) is 16.7. The number of rotatable bonds is 4. The van der Waals surface area contributed by atoms with Crippen molar-refractivity contribution < 1.29 is 9.50 Å². The van der Waals surface area contributed by atoms with Crippen LogP contribution >= 0.6 is 0 Å². The molecule has 0 radical (unpaired) electrons. The lowest BCUT2D eigenvalue weighted by Gasteiger charge is -2.42. The minimum absolute atomic E-state index is 0.00965. The van der Waals surface area contributed by atoms with E-state index in [0.717, 1.165) is 60.4 Å². The number of piperidine rings is 1. The van der Waals surface area contributed by atoms with Gasteiger partial charge in [-0.3, -0.25) is 0 Å². The second-order valence-corrected chi connectivity index (χ2v) is 8.95. The van der Waals surface area contributed by atoms with E-state index in [1.54, 1.807) is 6.07 Å². The van der Waals surface area contributed by atoms with Crippen LogP contribution in [0.4, 0.5) is 4.39 Å². The third-order valence-corrected chi connectivity index (χ3v) is 7.11. The first-order valence-electron chi connectivity index (χ1n) is 10.7. The minimum Gasteiger partial charge on any atom is -0.390 e. The molecule has 4 heteroatoms. The van der Waals surface area contributed by atoms with Crippen molar-refractivity contribution in [3.8, 4) is 0 Å². The maximum atomic E-state index is 13.6. The molecule has 2 aromatic rings. The molecule has 27 heavy (non-hydrogen) atoms. The summed E-state index contributed by atoms with van der Waals surface area (Å²) >= 11 is 0. The number of aromatic nitrogens is 1. The maximum absolute atomic E-state index is 13.6. The SMILES string of the molecule is CC(C)[C@H]1CC[C@@H](N2CCC(n3c(CO)cc4cc(F)ccc43)CC2)CC1. The molecule has 2 fully saturated rings. The van der Waals surface area contributed by atoms with Gasteiger partial charge in [-0.15, -0.1) is 0 Å². The summed E-state index contributed by atoms with van der Waals surface area (Å²) in [4.78, 5) is 2.71. The van der Waals surface area contributed by atoms with Crippen LogP contribution in [0.1, 0.15) is 64.1 Å². The Balaban J connectivity index is 1.43. The zero-order valence-corrected chi connectivity index (χ0v) is 16.7. The molecule has 1 aromatic carbocycles. The molecule has 0 spiro atoms. The molecule has 2 heterocycles. The van der Waals surface area contributed by atoms with Gasteiger partial charge in [-0.25, -0.2) is 4.39 Å². The number of fused-ring (bicyclic) bond motifs is 1. The van der Waals surface area contributed by atoms with Gasteiger partial charge in [-0.2, -0.15) is 0 Å². The van der Waals surface area contributed by atoms with Crippen molar-refractivity contribution in [2.24, 2.45) is 11.8 Å². The topological polar surface area (TPSA) is 28.4 Å². The van der Waals surface area contributed by atoms with E-state index in [9.17, 15) is 9.50 Å². The van der Waals surface area contributed by atoms with Gasteiger partial charge in [-0.05, 0) is 74.6 Å². The van der Waals surface area contributed by atoms with E-state index in [0.29, 0.717) is 6.04 Å². The summed E-state index contributed by atoms with van der Waals surface area (Å²) in [7, 11) is 0. The Hall–Kier alpha value is -1.39. The number of benzene rings is 1. The first kappa shape index (κ1) is 18.9. The number of nitrogens with zero attached hydrogens (tertiary/aromatic N) is 2. The highest BCUT2D eigenvalue weighted by molar-refractivity contribution is 5.81. The fourth-order valence-electron chi connectivity index (χ4n) is 5.46. The largest absolute Gasteiger partial charge is 0.390 e. The summed E-state index contributed by atoms with van der Waals surface area (Å²) in [5.41, 5.74) is 1.96. The molecule has 1 N–H and O–H groups in total. The number of hydrogen-bond acceptors (Lipinski definition) is 2. The molecular weight excluding hydrogens is 339 g/mol. The quantitative estimate of drug-likeness (QED) is 0.806. The number of halogens is 1. The van der Waals surface area contributed by atoms with Crippen molar-refractivity contribution in [1.29, 1.82) is 0 Å². The number of aliphatic hydroxyl groups is 1. The van der Waals surface area contributed by atoms with Crippen LogP contribution < -0.4 is 0 Å². The predicted octanol–water partition coefficient (Wildman–Crippen LogP) is 5.12. The van der Waals surface area contributed by atoms with E-state index in [4.69, 9.17) is 0 Å². The smallest absolute Gasteiger partial charge is 0.123 e. The summed E-state index contributed by atoms with van der Waals surface area (Å²) in [6.45, 7) is 7.00. The average molecular weight is 373 g/mol. The first-order valence-corrected chi connectivity index (χ1v) is 10.7. The van der Waals surface area contributed by atoms with Crippen molar-refractivity contribution in [2.75, 3.05) is 13.1 Å². The monoisotopic (exact) mass is 372 g/mol. The first-order chi connectivity index (χ1) is 13.1. The Bertz CT molecular complexity index is 768. The highest BCUT2D eigenvalue weighted by atomic mass is 19.1. The Morgan fingerprint density at radius 1 is 1.00 bits per heavy atom. The normalized spacial score (nSPS) is 25.5. The van der Waals surface area contributed by atoms with Gasteiger partial charge in [0.15, 0.2) is 0 Å². The molecule has 1 aliphatic carbocycles. The summed E-state index contributed by atoms with van der Waals surface area (Å²) < 4.78 is 15.8. The summed E-state index contributed by atoms with van der Waals surface area (Å²) in [5, 5.41) is 10.7. The van der Waals surface area contributed by atoms with Crippen LogP contribution in [0.25, 0.3) is 10.9 Å². The van der Waals surface area contributed by atoms with E-state index in [1.165, 1.54) is 31.7 Å². The van der Waals surface area contributed by atoms with Crippen molar-refractivity contribution in [3.63, 3.8) is 0 Å². The Labute approximate surface area is 162 Å². The van der Waals surface area contributed by atoms with E-state index in [2.05, 4.69) is 23.3 Å². The molecule has 0 bridgehead atoms. The van der Waals surface area contributed by atoms with Crippen LogP contribution in [0.2, 0.25) is 0 Å². The van der Waals surface area contributed by atoms with Crippen LogP contribution in [0.15, 0.2) is 24.3 Å². The summed E-state index contributed by atoms with van der Waals surface area (Å²) in [6, 6.07) is 8.07. The lowest BCUT2D eigenvalue weighted by Crippen LogP contribution is -2.44. The molecule has 4 rings (SSSR count). The molecular formula is C23H33FN2O. The van der Waals surface area contributed by atoms with Gasteiger partial charge in [0.1, 0.15) is 5.82 Å². The van der Waals surface area contributed by atoms with Crippen molar-refractivity contribution in [3.05, 3.63) is 35.8 Å². The third-order valence-electron chi connectivity index (χ3n) is 7.11. The Kier molecular flexibility index (Phi) is 5.56. The molecule has 0 amide bonds. The van der Waals surface area contributed by atoms with Gasteiger partial charge in [0, 0.05) is 41.8 Å². The second-order valence-electron chi connectivity index (χ2n) is 8.95. The molecule has 1 saturated heterocycles. The van der Waals surface area contributed by atoms with E-state index >= 15 is 0 Å². The highest BCUT2D eigenvalue weighted by Crippen LogP contribution is 2.36. The fourth-order valence-corrected chi connectivity index (χ4v) is 5.46. The predicted molar refractivity (Wildman–Crippen MR) is 108 cm³/mol. The number of likely N-dealkylation sites (tertiary alicyclic amines) is 1. The lowest BCUT2D eigenvalue weighted by atomic mass is 9.79. The molecule has 0 atom stereocenters. The van der Waals surface area contributed by atoms with Crippen molar-refractivity contribution in [2.45, 2.75) is 71.1 Å². The van der Waals surface area contributed by atoms with E-state index in [1.807, 2.05) is 12.1 Å². The van der Waals surface area contributed by atoms with Gasteiger partial charge in [-0.1, -0.05) is 13.8 Å².